The summed E-state index contributed by atoms with van der Waals surface area (Å²) in [6, 6.07) is 1.30. The quantitative estimate of drug-likeness (QED) is 0.782. The average Bonchev–Trinajstić information content (AvgIpc) is 2.45. The molecule has 0 atom stereocenters. The molecular weight excluding hydrogens is 282 g/mol. The van der Waals surface area contributed by atoms with E-state index in [9.17, 15) is 23.5 Å². The van der Waals surface area contributed by atoms with E-state index in [0.717, 1.165) is 6.07 Å². The van der Waals surface area contributed by atoms with Crippen molar-refractivity contribution in [1.82, 2.24) is 5.32 Å². The number of urea groups is 1. The van der Waals surface area contributed by atoms with Crippen molar-refractivity contribution in [2.45, 2.75) is 39.2 Å². The van der Waals surface area contributed by atoms with Gasteiger partial charge in [0.05, 0.1) is 0 Å². The molecule has 0 saturated carbocycles. The van der Waals surface area contributed by atoms with Crippen LogP contribution in [0.3, 0.4) is 0 Å². The summed E-state index contributed by atoms with van der Waals surface area (Å²) in [5.74, 6) is -3.02. The maximum Gasteiger partial charge on any atom is 0.329 e. The van der Waals surface area contributed by atoms with Gasteiger partial charge in [0, 0.05) is 0 Å². The Hall–Kier alpha value is -2.18. The van der Waals surface area contributed by atoms with Crippen molar-refractivity contribution in [2.75, 3.05) is 5.32 Å². The molecule has 0 radical (unpaired) electrons. The molecule has 7 heteroatoms. The highest BCUT2D eigenvalue weighted by Crippen LogP contribution is 2.22. The third kappa shape index (κ3) is 3.48. The standard InChI is InChI=1S/C14H18F2N2O3/c1-4-14(5-2,12(19)20)18-13(21)17-11-9(15)7-6-8(3)10(11)16/h6-7H,4-5H2,1-3H3,(H,19,20)(H2,17,18,21). The van der Waals surface area contributed by atoms with Crippen LogP contribution in [0.1, 0.15) is 32.3 Å². The van der Waals surface area contributed by atoms with Gasteiger partial charge in [-0.25, -0.2) is 18.4 Å². The first-order valence-corrected chi connectivity index (χ1v) is 6.54. The van der Waals surface area contributed by atoms with Gasteiger partial charge in [-0.3, -0.25) is 0 Å². The molecular formula is C14H18F2N2O3. The largest absolute Gasteiger partial charge is 0.480 e. The van der Waals surface area contributed by atoms with Crippen molar-refractivity contribution in [1.29, 1.82) is 0 Å². The summed E-state index contributed by atoms with van der Waals surface area (Å²) in [6.45, 7) is 4.63. The van der Waals surface area contributed by atoms with Gasteiger partial charge < -0.3 is 15.7 Å². The molecule has 0 unspecified atom stereocenters. The number of halogens is 2. The number of hydrogen-bond acceptors (Lipinski definition) is 2. The van der Waals surface area contributed by atoms with Gasteiger partial charge in [0.2, 0.25) is 0 Å². The van der Waals surface area contributed by atoms with Crippen LogP contribution < -0.4 is 10.6 Å². The second kappa shape index (κ2) is 6.51. The summed E-state index contributed by atoms with van der Waals surface area (Å²) in [5, 5.41) is 13.5. The average molecular weight is 300 g/mol. The lowest BCUT2D eigenvalue weighted by molar-refractivity contribution is -0.144. The zero-order chi connectivity index (χ0) is 16.2. The molecule has 1 aromatic carbocycles. The van der Waals surface area contributed by atoms with E-state index >= 15 is 0 Å². The van der Waals surface area contributed by atoms with Crippen LogP contribution in [0, 0.1) is 18.6 Å². The molecule has 0 aliphatic rings. The number of hydrogen-bond donors (Lipinski definition) is 3. The van der Waals surface area contributed by atoms with Gasteiger partial charge in [-0.15, -0.1) is 0 Å². The van der Waals surface area contributed by atoms with Crippen LogP contribution in [0.15, 0.2) is 12.1 Å². The highest BCUT2D eigenvalue weighted by Gasteiger charge is 2.36. The molecule has 0 bridgehead atoms. The van der Waals surface area contributed by atoms with E-state index < -0.39 is 34.9 Å². The van der Waals surface area contributed by atoms with E-state index in [1.165, 1.54) is 13.0 Å². The summed E-state index contributed by atoms with van der Waals surface area (Å²) in [4.78, 5) is 23.1. The van der Waals surface area contributed by atoms with Gasteiger partial charge in [-0.2, -0.15) is 0 Å². The third-order valence-corrected chi connectivity index (χ3v) is 3.49. The fourth-order valence-corrected chi connectivity index (χ4v) is 1.92. The molecule has 1 aromatic rings. The van der Waals surface area contributed by atoms with Crippen molar-refractivity contribution in [3.05, 3.63) is 29.3 Å². The van der Waals surface area contributed by atoms with E-state index in [2.05, 4.69) is 5.32 Å². The van der Waals surface area contributed by atoms with Gasteiger partial charge >= 0.3 is 12.0 Å². The molecule has 0 spiro atoms. The van der Waals surface area contributed by atoms with E-state index in [1.54, 1.807) is 13.8 Å². The predicted molar refractivity (Wildman–Crippen MR) is 74.2 cm³/mol. The van der Waals surface area contributed by atoms with Crippen molar-refractivity contribution in [3.63, 3.8) is 0 Å². The second-order valence-corrected chi connectivity index (χ2v) is 4.73. The van der Waals surface area contributed by atoms with Gasteiger partial charge in [0.25, 0.3) is 0 Å². The topological polar surface area (TPSA) is 78.4 Å². The maximum atomic E-state index is 13.8. The van der Waals surface area contributed by atoms with Crippen LogP contribution in [0.5, 0.6) is 0 Å². The van der Waals surface area contributed by atoms with Gasteiger partial charge in [0.15, 0.2) is 5.82 Å². The number of carbonyl (C=O) groups excluding carboxylic acids is 1. The second-order valence-electron chi connectivity index (χ2n) is 4.73. The third-order valence-electron chi connectivity index (χ3n) is 3.49. The molecule has 5 nitrogen and oxygen atoms in total. The molecule has 3 N–H and O–H groups in total. The molecule has 0 aliphatic heterocycles. The number of rotatable bonds is 5. The maximum absolute atomic E-state index is 13.8. The molecule has 2 amide bonds. The van der Waals surface area contributed by atoms with E-state index in [-0.39, 0.29) is 18.4 Å². The van der Waals surface area contributed by atoms with Gasteiger partial charge in [-0.1, -0.05) is 19.9 Å². The lowest BCUT2D eigenvalue weighted by Gasteiger charge is -2.28. The number of carboxylic acid groups (broad SMARTS) is 1. The Morgan fingerprint density at radius 2 is 1.81 bits per heavy atom. The fraction of sp³-hybridized carbons (Fsp3) is 0.429. The van der Waals surface area contributed by atoms with Crippen molar-refractivity contribution in [2.24, 2.45) is 0 Å². The molecule has 0 saturated heterocycles. The Morgan fingerprint density at radius 1 is 1.24 bits per heavy atom. The summed E-state index contributed by atoms with van der Waals surface area (Å²) in [7, 11) is 0. The molecule has 0 aromatic heterocycles. The first-order chi connectivity index (χ1) is 9.77. The molecule has 0 aliphatic carbocycles. The Kier molecular flexibility index (Phi) is 5.23. The first kappa shape index (κ1) is 16.9. The monoisotopic (exact) mass is 300 g/mol. The lowest BCUT2D eigenvalue weighted by atomic mass is 9.93. The number of benzene rings is 1. The number of nitrogens with one attached hydrogen (secondary N) is 2. The Morgan fingerprint density at radius 3 is 2.29 bits per heavy atom. The number of aryl methyl sites for hydroxylation is 1. The minimum atomic E-state index is -1.47. The van der Waals surface area contributed by atoms with Crippen LogP contribution in [0.2, 0.25) is 0 Å². The number of aliphatic carboxylic acids is 1. The van der Waals surface area contributed by atoms with Crippen LogP contribution >= 0.6 is 0 Å². The fourth-order valence-electron chi connectivity index (χ4n) is 1.92. The Balaban J connectivity index is 2.97. The zero-order valence-electron chi connectivity index (χ0n) is 12.1. The normalized spacial score (nSPS) is 11.1. The van der Waals surface area contributed by atoms with Crippen LogP contribution in [-0.4, -0.2) is 22.6 Å². The summed E-state index contributed by atoms with van der Waals surface area (Å²) >= 11 is 0. The van der Waals surface area contributed by atoms with Gasteiger partial charge in [0.1, 0.15) is 17.0 Å². The first-order valence-electron chi connectivity index (χ1n) is 6.54. The number of amides is 2. The van der Waals surface area contributed by atoms with Crippen LogP contribution in [0.4, 0.5) is 19.3 Å². The van der Waals surface area contributed by atoms with Crippen molar-refractivity contribution >= 4 is 17.7 Å². The van der Waals surface area contributed by atoms with Crippen LogP contribution in [-0.2, 0) is 4.79 Å². The summed E-state index contributed by atoms with van der Waals surface area (Å²) in [6.07, 6.45) is 0.288. The molecule has 21 heavy (non-hydrogen) atoms. The Bertz CT molecular complexity index is 557. The molecule has 1 rings (SSSR count). The molecule has 0 heterocycles. The highest BCUT2D eigenvalue weighted by molar-refractivity contribution is 5.94. The van der Waals surface area contributed by atoms with E-state index in [0.29, 0.717) is 0 Å². The van der Waals surface area contributed by atoms with E-state index in [4.69, 9.17) is 0 Å². The van der Waals surface area contributed by atoms with Crippen molar-refractivity contribution < 1.29 is 23.5 Å². The predicted octanol–water partition coefficient (Wildman–Crippen LogP) is 3.04. The number of carbonyl (C=O) groups is 2. The number of carboxylic acids is 1. The van der Waals surface area contributed by atoms with Crippen molar-refractivity contribution in [3.8, 4) is 0 Å². The minimum absolute atomic E-state index is 0.144. The van der Waals surface area contributed by atoms with Gasteiger partial charge in [-0.05, 0) is 31.4 Å². The SMILES string of the molecule is CCC(CC)(NC(=O)Nc1c(F)ccc(C)c1F)C(=O)O. The summed E-state index contributed by atoms with van der Waals surface area (Å²) < 4.78 is 27.3. The zero-order valence-corrected chi connectivity index (χ0v) is 12.1. The molecule has 0 fully saturated rings. The molecule has 116 valence electrons. The Labute approximate surface area is 121 Å². The highest BCUT2D eigenvalue weighted by atomic mass is 19.1. The van der Waals surface area contributed by atoms with Crippen LogP contribution in [0.25, 0.3) is 0 Å². The number of anilines is 1. The smallest absolute Gasteiger partial charge is 0.329 e. The minimum Gasteiger partial charge on any atom is -0.480 e. The van der Waals surface area contributed by atoms with E-state index in [1.807, 2.05) is 5.32 Å². The lowest BCUT2D eigenvalue weighted by Crippen LogP contribution is -2.55. The summed E-state index contributed by atoms with van der Waals surface area (Å²) in [5.41, 5.74) is -1.90.